The molecule has 0 radical (unpaired) electrons. The normalized spacial score (nSPS) is 13.5. The number of carboxylic acids is 1. The first kappa shape index (κ1) is 81.4. The quantitative estimate of drug-likeness (QED) is 0.0211. The van der Waals surface area contributed by atoms with Crippen molar-refractivity contribution in [2.45, 2.75) is 289 Å². The maximum Gasteiger partial charge on any atom is 0.361 e. The number of likely N-dealkylation sites (N-methyl/N-ethyl adjacent to an activating group) is 1. The van der Waals surface area contributed by atoms with E-state index in [-0.39, 0.29) is 32.2 Å². The second kappa shape index (κ2) is 66.4. The Labute approximate surface area is 529 Å². The molecule has 0 saturated carbocycles. The van der Waals surface area contributed by atoms with E-state index in [1.54, 1.807) is 0 Å². The molecule has 0 heterocycles. The number of carboxylic acid groups (broad SMARTS) is 1. The van der Waals surface area contributed by atoms with E-state index in [1.165, 1.54) is 128 Å². The number of hydrogen-bond acceptors (Lipinski definition) is 7. The highest BCUT2D eigenvalue weighted by Gasteiger charge is 2.25. The molecule has 490 valence electrons. The molecule has 9 nitrogen and oxygen atoms in total. The van der Waals surface area contributed by atoms with Crippen molar-refractivity contribution in [1.29, 1.82) is 0 Å². The summed E-state index contributed by atoms with van der Waals surface area (Å²) in [5.41, 5.74) is 0. The molecule has 86 heavy (non-hydrogen) atoms. The number of rotatable bonds is 63. The minimum absolute atomic E-state index is 0.181. The van der Waals surface area contributed by atoms with Crippen molar-refractivity contribution in [2.24, 2.45) is 0 Å². The van der Waals surface area contributed by atoms with E-state index in [4.69, 9.17) is 18.9 Å². The van der Waals surface area contributed by atoms with Crippen LogP contribution in [0.4, 0.5) is 0 Å². The molecule has 1 N–H and O–H groups in total. The molecule has 0 aromatic carbocycles. The summed E-state index contributed by atoms with van der Waals surface area (Å²) in [4.78, 5) is 37.6. The van der Waals surface area contributed by atoms with Crippen LogP contribution in [-0.4, -0.2) is 87.4 Å². The fourth-order valence-corrected chi connectivity index (χ4v) is 9.37. The predicted octanol–water partition coefficient (Wildman–Crippen LogP) is 21.7. The van der Waals surface area contributed by atoms with E-state index in [2.05, 4.69) is 148 Å². The molecule has 0 spiro atoms. The monoisotopic (exact) mass is 1200 g/mol. The number of allylic oxidation sites excluding steroid dienone is 22. The van der Waals surface area contributed by atoms with E-state index in [0.29, 0.717) is 23.9 Å². The Morgan fingerprint density at radius 3 is 0.988 bits per heavy atom. The number of aliphatic carboxylic acids is 1. The van der Waals surface area contributed by atoms with Gasteiger partial charge in [0.1, 0.15) is 13.2 Å². The van der Waals surface area contributed by atoms with E-state index in [0.717, 1.165) is 116 Å². The molecule has 0 rings (SSSR count). The van der Waals surface area contributed by atoms with Gasteiger partial charge in [-0.1, -0.05) is 302 Å². The van der Waals surface area contributed by atoms with Gasteiger partial charge in [0.25, 0.3) is 6.29 Å². The Kier molecular flexibility index (Phi) is 62.9. The van der Waals surface area contributed by atoms with Crippen molar-refractivity contribution in [1.82, 2.24) is 0 Å². The minimum atomic E-state index is -1.52. The highest BCUT2D eigenvalue weighted by atomic mass is 16.7. The predicted molar refractivity (Wildman–Crippen MR) is 368 cm³/mol. The van der Waals surface area contributed by atoms with Crippen LogP contribution in [0.3, 0.4) is 0 Å². The van der Waals surface area contributed by atoms with E-state index < -0.39 is 24.3 Å². The summed E-state index contributed by atoms with van der Waals surface area (Å²) in [6.07, 6.45) is 92.7. The van der Waals surface area contributed by atoms with Gasteiger partial charge in [-0.15, -0.1) is 0 Å². The van der Waals surface area contributed by atoms with Gasteiger partial charge < -0.3 is 28.5 Å². The third-order valence-corrected chi connectivity index (χ3v) is 14.7. The summed E-state index contributed by atoms with van der Waals surface area (Å²) in [7, 11) is 5.97. The second-order valence-corrected chi connectivity index (χ2v) is 24.1. The number of quaternary nitrogens is 1. The molecule has 0 saturated heterocycles. The van der Waals surface area contributed by atoms with Gasteiger partial charge in [-0.3, -0.25) is 9.59 Å². The Balaban J connectivity index is 4.17. The first-order valence-electron chi connectivity index (χ1n) is 34.8. The fourth-order valence-electron chi connectivity index (χ4n) is 9.37. The van der Waals surface area contributed by atoms with Gasteiger partial charge in [0.05, 0.1) is 34.4 Å². The molecular formula is C77H130NO8+. The van der Waals surface area contributed by atoms with Gasteiger partial charge in [-0.25, -0.2) is 4.79 Å². The fraction of sp³-hybridized carbons (Fsp3) is 0.675. The second-order valence-electron chi connectivity index (χ2n) is 24.1. The molecule has 9 heteroatoms. The van der Waals surface area contributed by atoms with Crippen molar-refractivity contribution in [2.75, 3.05) is 47.5 Å². The average molecular weight is 1200 g/mol. The average Bonchev–Trinajstić information content (AvgIpc) is 3.63. The Morgan fingerprint density at radius 2 is 0.663 bits per heavy atom. The minimum Gasteiger partial charge on any atom is -0.477 e. The van der Waals surface area contributed by atoms with E-state index >= 15 is 0 Å². The van der Waals surface area contributed by atoms with Gasteiger partial charge in [-0.05, 0) is 96.3 Å². The summed E-state index contributed by atoms with van der Waals surface area (Å²) in [5, 5.41) is 9.74. The number of nitrogens with zero attached hydrogens (tertiary/aromatic N) is 1. The van der Waals surface area contributed by atoms with Crippen molar-refractivity contribution in [3.05, 3.63) is 134 Å². The van der Waals surface area contributed by atoms with Gasteiger partial charge in [0, 0.05) is 12.8 Å². The lowest BCUT2D eigenvalue weighted by Crippen LogP contribution is -2.40. The molecule has 0 aromatic rings. The number of esters is 2. The van der Waals surface area contributed by atoms with Crippen LogP contribution in [0.1, 0.15) is 277 Å². The van der Waals surface area contributed by atoms with Crippen molar-refractivity contribution < 1.29 is 42.9 Å². The lowest BCUT2D eigenvalue weighted by molar-refractivity contribution is -0.870. The Bertz CT molecular complexity index is 1870. The van der Waals surface area contributed by atoms with Crippen LogP contribution in [0.2, 0.25) is 0 Å². The number of hydrogen-bond donors (Lipinski definition) is 1. The molecule has 0 fully saturated rings. The maximum atomic E-state index is 12.9. The zero-order chi connectivity index (χ0) is 62.6. The van der Waals surface area contributed by atoms with Gasteiger partial charge in [0.15, 0.2) is 6.10 Å². The van der Waals surface area contributed by atoms with Crippen LogP contribution in [0.15, 0.2) is 134 Å². The Hall–Kier alpha value is -4.57. The Morgan fingerprint density at radius 1 is 0.360 bits per heavy atom. The van der Waals surface area contributed by atoms with Crippen LogP contribution >= 0.6 is 0 Å². The van der Waals surface area contributed by atoms with E-state index in [9.17, 15) is 19.5 Å². The summed E-state index contributed by atoms with van der Waals surface area (Å²) >= 11 is 0. The zero-order valence-electron chi connectivity index (χ0n) is 55.9. The van der Waals surface area contributed by atoms with Crippen LogP contribution < -0.4 is 0 Å². The summed E-state index contributed by atoms with van der Waals surface area (Å²) in [6, 6.07) is 0. The summed E-state index contributed by atoms with van der Waals surface area (Å²) < 4.78 is 22.9. The SMILES string of the molecule is CC/C=C\C/C=C\C/C=C\C/C=C\C/C=C\C/C=C\C/C=C\C/C=C\C/C=C\C/C=C\C/C=C\CCCCCCCCCC(=O)OC(COC(=O)CCCCCCCCCCCCCCCCCCCCCC)COC(OCC[N+](C)(C)C)C(=O)O. The van der Waals surface area contributed by atoms with Crippen LogP contribution in [0, 0.1) is 0 Å². The molecule has 0 amide bonds. The first-order valence-corrected chi connectivity index (χ1v) is 34.8. The number of unbranched alkanes of at least 4 members (excludes halogenated alkanes) is 26. The maximum absolute atomic E-state index is 12.9. The lowest BCUT2D eigenvalue weighted by Gasteiger charge is -2.25. The molecule has 2 unspecified atom stereocenters. The van der Waals surface area contributed by atoms with Crippen molar-refractivity contribution in [3.63, 3.8) is 0 Å². The third-order valence-electron chi connectivity index (χ3n) is 14.7. The van der Waals surface area contributed by atoms with Gasteiger partial charge in [-0.2, -0.15) is 0 Å². The smallest absolute Gasteiger partial charge is 0.361 e. The summed E-state index contributed by atoms with van der Waals surface area (Å²) in [5.74, 6) is -2.02. The molecule has 2 atom stereocenters. The number of carbonyl (C=O) groups excluding carboxylic acids is 2. The molecule has 0 aliphatic carbocycles. The lowest BCUT2D eigenvalue weighted by atomic mass is 10.0. The van der Waals surface area contributed by atoms with Crippen LogP contribution in [-0.2, 0) is 33.3 Å². The standard InChI is InChI=1S/C77H129NO8/c1-6-8-10-12-14-16-18-20-22-24-26-28-29-30-31-32-33-34-35-36-37-38-39-40-41-42-43-44-45-46-47-48-50-52-54-56-58-60-62-64-66-68-75(80)86-73(72-85-77(76(81)82)83-70-69-78(3,4)5)71-84-74(79)67-65-63-61-59-57-55-53-51-49-27-25-23-21-19-17-15-13-11-9-7-2/h8,10,14,16,20,22,26,28,30-31,33-34,36-37,39-40,42-43,45-46,48,50,73,77H,6-7,9,11-13,15,17-19,21,23-25,27,29,32,35,38,41,44,47,49,51-72H2,1-5H3/p+1/b10-8-,16-14-,22-20-,28-26-,31-30-,34-33-,37-36-,40-39-,43-42-,46-45-,50-48-. The van der Waals surface area contributed by atoms with Crippen LogP contribution in [0.5, 0.6) is 0 Å². The van der Waals surface area contributed by atoms with Crippen molar-refractivity contribution >= 4 is 17.9 Å². The number of ether oxygens (including phenoxy) is 4. The van der Waals surface area contributed by atoms with Crippen molar-refractivity contribution in [3.8, 4) is 0 Å². The van der Waals surface area contributed by atoms with Crippen LogP contribution in [0.25, 0.3) is 0 Å². The first-order chi connectivity index (χ1) is 42.1. The molecule has 0 aromatic heterocycles. The molecular weight excluding hydrogens is 1070 g/mol. The van der Waals surface area contributed by atoms with Gasteiger partial charge >= 0.3 is 17.9 Å². The highest BCUT2D eigenvalue weighted by molar-refractivity contribution is 5.71. The highest BCUT2D eigenvalue weighted by Crippen LogP contribution is 2.17. The third kappa shape index (κ3) is 66.9. The molecule has 0 aliphatic heterocycles. The van der Waals surface area contributed by atoms with E-state index in [1.807, 2.05) is 21.1 Å². The largest absolute Gasteiger partial charge is 0.477 e. The summed E-state index contributed by atoms with van der Waals surface area (Å²) in [6.45, 7) is 4.77. The topological polar surface area (TPSA) is 108 Å². The zero-order valence-corrected chi connectivity index (χ0v) is 55.9. The molecule has 0 bridgehead atoms. The molecule has 0 aliphatic rings. The number of carbonyl (C=O) groups is 3. The van der Waals surface area contributed by atoms with Gasteiger partial charge in [0.2, 0.25) is 0 Å².